The number of aryl methyl sites for hydroxylation is 1. The van der Waals surface area contributed by atoms with Crippen LogP contribution in [0.1, 0.15) is 30.9 Å². The van der Waals surface area contributed by atoms with E-state index in [9.17, 15) is 14.3 Å². The van der Waals surface area contributed by atoms with Crippen molar-refractivity contribution < 1.29 is 19.0 Å². The normalized spacial score (nSPS) is 12.6. The molecule has 0 saturated carbocycles. The second-order valence-electron chi connectivity index (χ2n) is 4.40. The van der Waals surface area contributed by atoms with Crippen molar-refractivity contribution in [2.45, 2.75) is 26.7 Å². The van der Waals surface area contributed by atoms with Gasteiger partial charge in [0.25, 0.3) is 0 Å². The van der Waals surface area contributed by atoms with Gasteiger partial charge in [0.1, 0.15) is 0 Å². The van der Waals surface area contributed by atoms with Crippen molar-refractivity contribution in [2.24, 2.45) is 5.92 Å². The van der Waals surface area contributed by atoms with Crippen molar-refractivity contribution in [3.05, 3.63) is 29.1 Å². The van der Waals surface area contributed by atoms with Gasteiger partial charge in [0.15, 0.2) is 11.6 Å². The van der Waals surface area contributed by atoms with Crippen LogP contribution in [0, 0.1) is 18.7 Å². The molecule has 1 N–H and O–H groups in total. The number of carbonyl (C=O) groups is 1. The molecule has 0 aliphatic rings. The fourth-order valence-corrected chi connectivity index (χ4v) is 1.94. The van der Waals surface area contributed by atoms with Crippen LogP contribution in [-0.4, -0.2) is 18.2 Å². The highest BCUT2D eigenvalue weighted by atomic mass is 19.1. The molecule has 0 heterocycles. The third kappa shape index (κ3) is 2.75. The molecule has 1 rings (SSSR count). The fourth-order valence-electron chi connectivity index (χ4n) is 1.94. The van der Waals surface area contributed by atoms with E-state index < -0.39 is 17.7 Å². The number of ether oxygens (including phenoxy) is 1. The van der Waals surface area contributed by atoms with E-state index in [1.54, 1.807) is 20.8 Å². The van der Waals surface area contributed by atoms with Crippen LogP contribution in [0.25, 0.3) is 0 Å². The predicted molar refractivity (Wildman–Crippen MR) is 62.9 cm³/mol. The van der Waals surface area contributed by atoms with Gasteiger partial charge in [0.05, 0.1) is 13.0 Å². The van der Waals surface area contributed by atoms with E-state index in [4.69, 9.17) is 4.74 Å². The molecule has 17 heavy (non-hydrogen) atoms. The Kier molecular flexibility index (Phi) is 4.10. The minimum atomic E-state index is -0.937. The lowest BCUT2D eigenvalue weighted by Gasteiger charge is -2.19. The standard InChI is InChI=1S/C13H17FO3/c1-7(2)12(13(15)16)9-6-10(14)11(17-4)5-8(9)3/h5-7,12H,1-4H3,(H,15,16). The third-order valence-corrected chi connectivity index (χ3v) is 2.81. The van der Waals surface area contributed by atoms with Crippen LogP contribution < -0.4 is 4.74 Å². The molecule has 0 aromatic heterocycles. The quantitative estimate of drug-likeness (QED) is 0.880. The van der Waals surface area contributed by atoms with Gasteiger partial charge in [-0.1, -0.05) is 13.8 Å². The Bertz CT molecular complexity index is 427. The lowest BCUT2D eigenvalue weighted by molar-refractivity contribution is -0.139. The van der Waals surface area contributed by atoms with Crippen LogP contribution in [0.15, 0.2) is 12.1 Å². The van der Waals surface area contributed by atoms with Crippen molar-refractivity contribution in [3.8, 4) is 5.75 Å². The lowest BCUT2D eigenvalue weighted by Crippen LogP contribution is -2.18. The second kappa shape index (κ2) is 5.17. The van der Waals surface area contributed by atoms with Crippen LogP contribution in [0.3, 0.4) is 0 Å². The maximum Gasteiger partial charge on any atom is 0.311 e. The number of benzene rings is 1. The topological polar surface area (TPSA) is 46.5 Å². The van der Waals surface area contributed by atoms with E-state index in [0.717, 1.165) is 5.56 Å². The molecule has 1 aromatic rings. The van der Waals surface area contributed by atoms with Crippen molar-refractivity contribution in [1.29, 1.82) is 0 Å². The smallest absolute Gasteiger partial charge is 0.311 e. The summed E-state index contributed by atoms with van der Waals surface area (Å²) in [6, 6.07) is 2.79. The minimum Gasteiger partial charge on any atom is -0.494 e. The summed E-state index contributed by atoms with van der Waals surface area (Å²) in [5.41, 5.74) is 1.23. The molecule has 0 bridgehead atoms. The van der Waals surface area contributed by atoms with E-state index in [0.29, 0.717) is 5.56 Å². The molecule has 0 aliphatic carbocycles. The zero-order chi connectivity index (χ0) is 13.2. The van der Waals surface area contributed by atoms with Gasteiger partial charge in [-0.2, -0.15) is 0 Å². The van der Waals surface area contributed by atoms with Gasteiger partial charge in [-0.25, -0.2) is 4.39 Å². The number of halogens is 1. The highest BCUT2D eigenvalue weighted by Crippen LogP contribution is 2.31. The predicted octanol–water partition coefficient (Wildman–Crippen LogP) is 2.97. The summed E-state index contributed by atoms with van der Waals surface area (Å²) in [5, 5.41) is 9.19. The van der Waals surface area contributed by atoms with Crippen LogP contribution in [0.5, 0.6) is 5.75 Å². The molecule has 0 amide bonds. The van der Waals surface area contributed by atoms with Crippen LogP contribution in [-0.2, 0) is 4.79 Å². The van der Waals surface area contributed by atoms with Gasteiger partial charge in [-0.3, -0.25) is 4.79 Å². The summed E-state index contributed by atoms with van der Waals surface area (Å²) in [5.74, 6) is -2.12. The van der Waals surface area contributed by atoms with Gasteiger partial charge in [-0.15, -0.1) is 0 Å². The average molecular weight is 240 g/mol. The Balaban J connectivity index is 3.30. The number of carboxylic acids is 1. The van der Waals surface area contributed by atoms with Crippen LogP contribution in [0.4, 0.5) is 4.39 Å². The molecular weight excluding hydrogens is 223 g/mol. The first-order chi connectivity index (χ1) is 7.88. The zero-order valence-electron chi connectivity index (χ0n) is 10.5. The number of hydrogen-bond acceptors (Lipinski definition) is 2. The molecule has 0 spiro atoms. The van der Waals surface area contributed by atoms with Gasteiger partial charge in [0.2, 0.25) is 0 Å². The zero-order valence-corrected chi connectivity index (χ0v) is 10.5. The Morgan fingerprint density at radius 2 is 2.00 bits per heavy atom. The van der Waals surface area contributed by atoms with Crippen molar-refractivity contribution >= 4 is 5.97 Å². The molecule has 3 nitrogen and oxygen atoms in total. The largest absolute Gasteiger partial charge is 0.494 e. The molecular formula is C13H17FO3. The Morgan fingerprint density at radius 1 is 1.41 bits per heavy atom. The number of methoxy groups -OCH3 is 1. The minimum absolute atomic E-state index is 0.0982. The third-order valence-electron chi connectivity index (χ3n) is 2.81. The highest BCUT2D eigenvalue weighted by Gasteiger charge is 2.26. The second-order valence-corrected chi connectivity index (χ2v) is 4.40. The van der Waals surface area contributed by atoms with E-state index in [-0.39, 0.29) is 11.7 Å². The molecule has 1 unspecified atom stereocenters. The molecule has 94 valence electrons. The first-order valence-corrected chi connectivity index (χ1v) is 5.45. The Morgan fingerprint density at radius 3 is 2.41 bits per heavy atom. The number of aliphatic carboxylic acids is 1. The summed E-state index contributed by atoms with van der Waals surface area (Å²) < 4.78 is 18.5. The summed E-state index contributed by atoms with van der Waals surface area (Å²) in [7, 11) is 1.38. The summed E-state index contributed by atoms with van der Waals surface area (Å²) in [6.07, 6.45) is 0. The Hall–Kier alpha value is -1.58. The molecule has 4 heteroatoms. The molecule has 0 fully saturated rings. The first-order valence-electron chi connectivity index (χ1n) is 5.45. The maximum absolute atomic E-state index is 13.6. The SMILES string of the molecule is COc1cc(C)c(C(C(=O)O)C(C)C)cc1F. The van der Waals surface area contributed by atoms with Crippen LogP contribution >= 0.6 is 0 Å². The first kappa shape index (κ1) is 13.5. The lowest BCUT2D eigenvalue weighted by atomic mass is 9.86. The molecule has 0 aliphatic heterocycles. The van der Waals surface area contributed by atoms with Gasteiger partial charge in [0, 0.05) is 0 Å². The average Bonchev–Trinajstić information content (AvgIpc) is 2.21. The summed E-state index contributed by atoms with van der Waals surface area (Å²) in [6.45, 7) is 5.37. The highest BCUT2D eigenvalue weighted by molar-refractivity contribution is 5.77. The molecule has 1 aromatic carbocycles. The van der Waals surface area contributed by atoms with E-state index >= 15 is 0 Å². The monoisotopic (exact) mass is 240 g/mol. The molecule has 1 atom stereocenters. The Labute approximate surface area is 100 Å². The van der Waals surface area contributed by atoms with Crippen molar-refractivity contribution in [3.63, 3.8) is 0 Å². The number of rotatable bonds is 4. The van der Waals surface area contributed by atoms with Gasteiger partial charge < -0.3 is 9.84 Å². The van der Waals surface area contributed by atoms with Gasteiger partial charge >= 0.3 is 5.97 Å². The number of carboxylic acid groups (broad SMARTS) is 1. The fraction of sp³-hybridized carbons (Fsp3) is 0.462. The van der Waals surface area contributed by atoms with E-state index in [1.807, 2.05) is 0 Å². The van der Waals surface area contributed by atoms with Crippen molar-refractivity contribution in [2.75, 3.05) is 7.11 Å². The van der Waals surface area contributed by atoms with Gasteiger partial charge in [-0.05, 0) is 36.1 Å². The molecule has 0 radical (unpaired) electrons. The summed E-state index contributed by atoms with van der Waals surface area (Å²) >= 11 is 0. The molecule has 0 saturated heterocycles. The van der Waals surface area contributed by atoms with E-state index in [2.05, 4.69) is 0 Å². The summed E-state index contributed by atoms with van der Waals surface area (Å²) in [4.78, 5) is 11.2. The number of hydrogen-bond donors (Lipinski definition) is 1. The van der Waals surface area contributed by atoms with Crippen molar-refractivity contribution in [1.82, 2.24) is 0 Å². The van der Waals surface area contributed by atoms with E-state index in [1.165, 1.54) is 19.2 Å². The maximum atomic E-state index is 13.6. The van der Waals surface area contributed by atoms with Crippen LogP contribution in [0.2, 0.25) is 0 Å².